The normalized spacial score (nSPS) is 11.7. The molecule has 0 fully saturated rings. The van der Waals surface area contributed by atoms with Crippen molar-refractivity contribution < 1.29 is 26.2 Å². The number of hydrogen-bond donors (Lipinski definition) is 1. The van der Waals surface area contributed by atoms with Crippen molar-refractivity contribution in [1.29, 1.82) is 0 Å². The van der Waals surface area contributed by atoms with Gasteiger partial charge >= 0.3 is 0 Å². The Labute approximate surface area is 372 Å². The smallest absolute Gasteiger partial charge is 0.200 e. The number of rotatable bonds is 6. The molecule has 302 valence electrons. The maximum absolute atomic E-state index is 11.2. The van der Waals surface area contributed by atoms with Gasteiger partial charge in [-0.05, 0) is 75.0 Å². The molecule has 3 aromatic heterocycles. The van der Waals surface area contributed by atoms with E-state index in [0.29, 0.717) is 22.6 Å². The van der Waals surface area contributed by atoms with Gasteiger partial charge in [0.25, 0.3) is 0 Å². The van der Waals surface area contributed by atoms with Crippen molar-refractivity contribution >= 4 is 27.5 Å². The summed E-state index contributed by atoms with van der Waals surface area (Å²) in [6.07, 6.45) is 1.87. The van der Waals surface area contributed by atoms with Crippen LogP contribution in [-0.4, -0.2) is 19.6 Å². The first-order chi connectivity index (χ1) is 28.9. The Bertz CT molecular complexity index is 3110. The Kier molecular flexibility index (Phi) is 10.9. The molecule has 3 heterocycles. The monoisotopic (exact) mass is 972 g/mol. The third kappa shape index (κ3) is 7.81. The summed E-state index contributed by atoms with van der Waals surface area (Å²) in [5.74, 6) is 0.0120. The molecular weight excluding hydrogens is 928 g/mol. The number of fused-ring (bicyclic) bond motifs is 3. The topological polar surface area (TPSA) is 55.3 Å². The largest absolute Gasteiger partial charge is 0.509 e. The third-order valence-corrected chi connectivity index (χ3v) is 11.3. The van der Waals surface area contributed by atoms with E-state index in [1.54, 1.807) is 18.2 Å². The van der Waals surface area contributed by atoms with Crippen LogP contribution in [0.4, 0.5) is 5.69 Å². The SMILES string of the molecule is [C-]#[N+]c1cccc(O)c1-c1cc(-c2cc(C(C)(C)C)cc(C(C)(C)C)c2)cc(-c2[c-]c(-c3cc(-c4cccc5c6ccccc6n(-c6ccccc6)c45)ccn3)ccc2)n1.[Pt]. The third-order valence-electron chi connectivity index (χ3n) is 11.3. The Hall–Kier alpha value is -6.60. The van der Waals surface area contributed by atoms with Gasteiger partial charge in [0.15, 0.2) is 5.69 Å². The van der Waals surface area contributed by atoms with Crippen molar-refractivity contribution in [3.05, 3.63) is 186 Å². The van der Waals surface area contributed by atoms with Crippen LogP contribution in [0.3, 0.4) is 0 Å². The summed E-state index contributed by atoms with van der Waals surface area (Å²) >= 11 is 0. The summed E-state index contributed by atoms with van der Waals surface area (Å²) in [5.41, 5.74) is 14.2. The standard InChI is InChI=1S/C55H45N4O.Pt/c1-54(2,3)40-29-38(30-41(34-40)55(4,5)6)39-32-48(58-49(33-39)52-46(56-7)23-15-25-51(52)60)37-17-13-16-36(28-37)47-31-35(26-27-57-47)43-21-14-22-45-44-20-11-12-24-50(44)59(53(43)45)42-18-9-8-10-19-42;/h8-27,29-34,60H,1-6H3;/q-1;. The number of nitrogens with zero attached hydrogens (tertiary/aromatic N) is 4. The molecule has 1 N–H and O–H groups in total. The first-order valence-electron chi connectivity index (χ1n) is 20.3. The van der Waals surface area contributed by atoms with Crippen molar-refractivity contribution in [1.82, 2.24) is 14.5 Å². The van der Waals surface area contributed by atoms with Crippen LogP contribution < -0.4 is 0 Å². The van der Waals surface area contributed by atoms with Gasteiger partial charge in [-0.15, -0.1) is 24.3 Å². The summed E-state index contributed by atoms with van der Waals surface area (Å²) in [6, 6.07) is 55.5. The van der Waals surface area contributed by atoms with Gasteiger partial charge < -0.3 is 9.67 Å². The van der Waals surface area contributed by atoms with Gasteiger partial charge in [0.1, 0.15) is 5.75 Å². The molecular formula is C55H45N4OPt-. The number of aromatic nitrogens is 3. The van der Waals surface area contributed by atoms with Gasteiger partial charge in [-0.2, -0.15) is 0 Å². The van der Waals surface area contributed by atoms with E-state index < -0.39 is 0 Å². The molecule has 6 heteroatoms. The second-order valence-electron chi connectivity index (χ2n) is 17.5. The molecule has 0 amide bonds. The minimum atomic E-state index is -0.0864. The number of pyridine rings is 2. The zero-order valence-electron chi connectivity index (χ0n) is 35.1. The molecule has 61 heavy (non-hydrogen) atoms. The minimum absolute atomic E-state index is 0. The molecule has 0 atom stereocenters. The summed E-state index contributed by atoms with van der Waals surface area (Å²) in [5, 5.41) is 13.6. The Morgan fingerprint density at radius 3 is 1.92 bits per heavy atom. The van der Waals surface area contributed by atoms with Crippen LogP contribution in [0.5, 0.6) is 5.75 Å². The first-order valence-corrected chi connectivity index (χ1v) is 20.3. The molecule has 9 rings (SSSR count). The quantitative estimate of drug-likeness (QED) is 0.169. The summed E-state index contributed by atoms with van der Waals surface area (Å²) in [6.45, 7) is 21.4. The molecule has 0 saturated heterocycles. The molecule has 5 nitrogen and oxygen atoms in total. The van der Waals surface area contributed by atoms with Gasteiger partial charge in [-0.3, -0.25) is 9.97 Å². The van der Waals surface area contributed by atoms with E-state index in [9.17, 15) is 5.11 Å². The molecule has 0 saturated carbocycles. The van der Waals surface area contributed by atoms with E-state index in [1.807, 2.05) is 36.5 Å². The predicted octanol–water partition coefficient (Wildman–Crippen LogP) is 14.6. The van der Waals surface area contributed by atoms with Gasteiger partial charge in [0.05, 0.1) is 23.3 Å². The second-order valence-corrected chi connectivity index (χ2v) is 17.5. The average Bonchev–Trinajstić information content (AvgIpc) is 3.60. The van der Waals surface area contributed by atoms with Gasteiger partial charge in [-0.1, -0.05) is 150 Å². The molecule has 9 aromatic rings. The Morgan fingerprint density at radius 1 is 0.590 bits per heavy atom. The van der Waals surface area contributed by atoms with E-state index in [4.69, 9.17) is 16.5 Å². The number of benzene rings is 6. The number of aromatic hydroxyl groups is 1. The van der Waals surface area contributed by atoms with E-state index in [1.165, 1.54) is 21.9 Å². The number of phenols is 1. The van der Waals surface area contributed by atoms with Gasteiger partial charge in [0.2, 0.25) is 0 Å². The number of para-hydroxylation sites is 3. The van der Waals surface area contributed by atoms with Gasteiger partial charge in [0, 0.05) is 66.2 Å². The summed E-state index contributed by atoms with van der Waals surface area (Å²) < 4.78 is 2.36. The van der Waals surface area contributed by atoms with E-state index >= 15 is 0 Å². The van der Waals surface area contributed by atoms with Crippen LogP contribution in [0.1, 0.15) is 52.7 Å². The van der Waals surface area contributed by atoms with Crippen molar-refractivity contribution in [2.24, 2.45) is 0 Å². The Balaban J connectivity index is 0.00000514. The van der Waals surface area contributed by atoms with Crippen LogP contribution in [0.15, 0.2) is 158 Å². The van der Waals surface area contributed by atoms with E-state index in [0.717, 1.165) is 55.8 Å². The molecule has 0 aliphatic heterocycles. The minimum Gasteiger partial charge on any atom is -0.509 e. The molecule has 6 aromatic carbocycles. The molecule has 0 aliphatic rings. The fourth-order valence-corrected chi connectivity index (χ4v) is 8.12. The molecule has 0 radical (unpaired) electrons. The second kappa shape index (κ2) is 16.1. The van der Waals surface area contributed by atoms with Crippen LogP contribution >= 0.6 is 0 Å². The predicted molar refractivity (Wildman–Crippen MR) is 248 cm³/mol. The van der Waals surface area contributed by atoms with E-state index in [-0.39, 0.29) is 37.6 Å². The van der Waals surface area contributed by atoms with Crippen molar-refractivity contribution in [3.8, 4) is 67.5 Å². The molecule has 0 unspecified atom stereocenters. The van der Waals surface area contributed by atoms with Crippen molar-refractivity contribution in [2.45, 2.75) is 52.4 Å². The maximum Gasteiger partial charge on any atom is 0.200 e. The summed E-state index contributed by atoms with van der Waals surface area (Å²) in [7, 11) is 0. The number of hydrogen-bond acceptors (Lipinski definition) is 3. The van der Waals surface area contributed by atoms with Crippen LogP contribution in [0.25, 0.3) is 88.4 Å². The van der Waals surface area contributed by atoms with Crippen LogP contribution in [0.2, 0.25) is 0 Å². The van der Waals surface area contributed by atoms with Crippen LogP contribution in [0, 0.1) is 12.6 Å². The zero-order chi connectivity index (χ0) is 41.8. The fraction of sp³-hybridized carbons (Fsp3) is 0.145. The van der Waals surface area contributed by atoms with Crippen LogP contribution in [-0.2, 0) is 31.9 Å². The van der Waals surface area contributed by atoms with Crippen molar-refractivity contribution in [3.63, 3.8) is 0 Å². The Morgan fingerprint density at radius 2 is 1.20 bits per heavy atom. The number of phenolic OH excluding ortho intramolecular Hbond substituents is 1. The van der Waals surface area contributed by atoms with Gasteiger partial charge in [-0.25, -0.2) is 4.85 Å². The zero-order valence-corrected chi connectivity index (χ0v) is 37.3. The average molecular weight is 973 g/mol. The fourth-order valence-electron chi connectivity index (χ4n) is 8.12. The van der Waals surface area contributed by atoms with Crippen molar-refractivity contribution in [2.75, 3.05) is 0 Å². The maximum atomic E-state index is 11.2. The molecule has 0 spiro atoms. The molecule has 0 bridgehead atoms. The summed E-state index contributed by atoms with van der Waals surface area (Å²) in [4.78, 5) is 13.8. The first kappa shape index (κ1) is 41.1. The molecule has 0 aliphatic carbocycles. The van der Waals surface area contributed by atoms with E-state index in [2.05, 4.69) is 160 Å².